The predicted molar refractivity (Wildman–Crippen MR) is 98.6 cm³/mol. The largest absolute Gasteiger partial charge is 0.426 e. The average molecular weight is 353 g/mol. The van der Waals surface area contributed by atoms with Crippen molar-refractivity contribution in [3.8, 4) is 5.75 Å². The van der Waals surface area contributed by atoms with Gasteiger partial charge in [0, 0.05) is 17.7 Å². The average Bonchev–Trinajstić information content (AvgIpc) is 3.54. The van der Waals surface area contributed by atoms with Gasteiger partial charge in [-0.3, -0.25) is 9.59 Å². The molecule has 0 aromatic heterocycles. The lowest BCUT2D eigenvalue weighted by Crippen LogP contribution is -2.16. The van der Waals surface area contributed by atoms with Crippen LogP contribution in [-0.4, -0.2) is 11.9 Å². The van der Waals surface area contributed by atoms with Crippen molar-refractivity contribution >= 4 is 17.6 Å². The SMILES string of the molecule is O=C(Nc1cccc(OC(=O)C2[C@H]3CCCC[C@@H]23)c1)C1[C@H]2CCCC[C@H]12. The van der Waals surface area contributed by atoms with Crippen LogP contribution in [0.2, 0.25) is 0 Å². The highest BCUT2D eigenvalue weighted by molar-refractivity contribution is 5.95. The molecule has 1 aromatic carbocycles. The Morgan fingerprint density at radius 3 is 2.04 bits per heavy atom. The molecule has 1 unspecified atom stereocenters. The number of nitrogens with one attached hydrogen (secondary N) is 1. The van der Waals surface area contributed by atoms with Gasteiger partial charge in [-0.2, -0.15) is 0 Å². The highest BCUT2D eigenvalue weighted by Crippen LogP contribution is 2.56. The van der Waals surface area contributed by atoms with Gasteiger partial charge in [0.05, 0.1) is 5.92 Å². The Morgan fingerprint density at radius 2 is 1.42 bits per heavy atom. The van der Waals surface area contributed by atoms with Crippen LogP contribution in [0, 0.1) is 35.5 Å². The third-order valence-electron chi connectivity index (χ3n) is 7.21. The third-order valence-corrected chi connectivity index (χ3v) is 7.21. The number of esters is 1. The predicted octanol–water partition coefficient (Wildman–Crippen LogP) is 4.40. The maximum Gasteiger partial charge on any atom is 0.314 e. The van der Waals surface area contributed by atoms with Gasteiger partial charge in [-0.15, -0.1) is 0 Å². The van der Waals surface area contributed by atoms with Crippen LogP contribution in [0.1, 0.15) is 51.4 Å². The topological polar surface area (TPSA) is 55.4 Å². The molecule has 1 N–H and O–H groups in total. The number of benzene rings is 1. The fourth-order valence-corrected chi connectivity index (χ4v) is 5.77. The van der Waals surface area contributed by atoms with E-state index in [9.17, 15) is 9.59 Å². The molecule has 4 aliphatic carbocycles. The first kappa shape index (κ1) is 16.3. The number of anilines is 1. The van der Waals surface area contributed by atoms with Crippen LogP contribution in [-0.2, 0) is 9.59 Å². The Kier molecular flexibility index (Phi) is 4.02. The van der Waals surface area contributed by atoms with Crippen molar-refractivity contribution < 1.29 is 14.3 Å². The molecule has 0 heterocycles. The molecule has 1 amide bonds. The Morgan fingerprint density at radius 1 is 0.846 bits per heavy atom. The molecule has 138 valence electrons. The van der Waals surface area contributed by atoms with Gasteiger partial charge in [-0.1, -0.05) is 31.7 Å². The number of rotatable bonds is 4. The van der Waals surface area contributed by atoms with Crippen molar-refractivity contribution in [2.75, 3.05) is 5.32 Å². The lowest BCUT2D eigenvalue weighted by molar-refractivity contribution is -0.136. The number of hydrogen-bond donors (Lipinski definition) is 1. The number of carbonyl (C=O) groups is 2. The molecule has 1 aromatic rings. The zero-order valence-electron chi connectivity index (χ0n) is 15.2. The van der Waals surface area contributed by atoms with E-state index in [1.54, 1.807) is 12.1 Å². The highest BCUT2D eigenvalue weighted by Gasteiger charge is 2.56. The van der Waals surface area contributed by atoms with E-state index in [0.29, 0.717) is 29.4 Å². The van der Waals surface area contributed by atoms with Gasteiger partial charge < -0.3 is 10.1 Å². The van der Waals surface area contributed by atoms with Crippen molar-refractivity contribution in [1.82, 2.24) is 0 Å². The summed E-state index contributed by atoms with van der Waals surface area (Å²) in [6.45, 7) is 0. The van der Waals surface area contributed by atoms with Crippen molar-refractivity contribution in [3.05, 3.63) is 24.3 Å². The number of ether oxygens (including phenoxy) is 1. The van der Waals surface area contributed by atoms with Crippen LogP contribution in [0.5, 0.6) is 5.75 Å². The van der Waals surface area contributed by atoms with Crippen molar-refractivity contribution in [2.45, 2.75) is 51.4 Å². The fourth-order valence-electron chi connectivity index (χ4n) is 5.77. The van der Waals surface area contributed by atoms with E-state index in [2.05, 4.69) is 5.32 Å². The summed E-state index contributed by atoms with van der Waals surface area (Å²) in [6, 6.07) is 7.31. The van der Waals surface area contributed by atoms with Crippen LogP contribution in [0.3, 0.4) is 0 Å². The first-order chi connectivity index (χ1) is 12.7. The smallest absolute Gasteiger partial charge is 0.314 e. The standard InChI is InChI=1S/C22H27NO3/c24-21(19-15-8-1-2-9-16(15)19)23-13-6-5-7-14(12-13)26-22(25)20-17-10-3-4-11-18(17)20/h5-7,12,15-20H,1-4,8-11H2,(H,23,24)/t15-,16-,17-,18+,20?/m0/s1. The van der Waals surface area contributed by atoms with Gasteiger partial charge in [-0.05, 0) is 61.5 Å². The quantitative estimate of drug-likeness (QED) is 0.645. The number of hydrogen-bond acceptors (Lipinski definition) is 3. The number of carbonyl (C=O) groups excluding carboxylic acids is 2. The molecule has 5 rings (SSSR count). The van der Waals surface area contributed by atoms with E-state index in [1.807, 2.05) is 12.1 Å². The molecule has 0 saturated heterocycles. The molecule has 4 heteroatoms. The second kappa shape index (κ2) is 6.40. The van der Waals surface area contributed by atoms with Crippen LogP contribution >= 0.6 is 0 Å². The van der Waals surface area contributed by atoms with E-state index in [4.69, 9.17) is 4.74 Å². The minimum Gasteiger partial charge on any atom is -0.426 e. The van der Waals surface area contributed by atoms with Crippen LogP contribution in [0.4, 0.5) is 5.69 Å². The van der Waals surface area contributed by atoms with Gasteiger partial charge >= 0.3 is 5.97 Å². The van der Waals surface area contributed by atoms with E-state index in [-0.39, 0.29) is 23.7 Å². The van der Waals surface area contributed by atoms with Gasteiger partial charge in [0.15, 0.2) is 0 Å². The van der Waals surface area contributed by atoms with Gasteiger partial charge in [-0.25, -0.2) is 0 Å². The summed E-state index contributed by atoms with van der Waals surface area (Å²) in [7, 11) is 0. The molecular weight excluding hydrogens is 326 g/mol. The van der Waals surface area contributed by atoms with E-state index >= 15 is 0 Å². The molecule has 4 nitrogen and oxygen atoms in total. The van der Waals surface area contributed by atoms with Crippen molar-refractivity contribution in [1.29, 1.82) is 0 Å². The summed E-state index contributed by atoms with van der Waals surface area (Å²) in [5, 5.41) is 3.04. The molecule has 5 atom stereocenters. The molecule has 4 aliphatic rings. The minimum atomic E-state index is -0.0846. The molecule has 0 bridgehead atoms. The van der Waals surface area contributed by atoms with E-state index in [0.717, 1.165) is 5.69 Å². The first-order valence-corrected chi connectivity index (χ1v) is 10.3. The lowest BCUT2D eigenvalue weighted by atomic mass is 10.0. The van der Waals surface area contributed by atoms with Crippen molar-refractivity contribution in [3.63, 3.8) is 0 Å². The fraction of sp³-hybridized carbons (Fsp3) is 0.636. The van der Waals surface area contributed by atoms with E-state index in [1.165, 1.54) is 51.4 Å². The first-order valence-electron chi connectivity index (χ1n) is 10.3. The highest BCUT2D eigenvalue weighted by atomic mass is 16.5. The van der Waals surface area contributed by atoms with Gasteiger partial charge in [0.2, 0.25) is 5.91 Å². The maximum absolute atomic E-state index is 12.5. The second-order valence-electron chi connectivity index (χ2n) is 8.71. The van der Waals surface area contributed by atoms with Gasteiger partial charge in [0.25, 0.3) is 0 Å². The normalized spacial score (nSPS) is 37.1. The summed E-state index contributed by atoms with van der Waals surface area (Å²) in [6.07, 6.45) is 9.76. The van der Waals surface area contributed by atoms with Crippen LogP contribution in [0.25, 0.3) is 0 Å². The third kappa shape index (κ3) is 2.93. The van der Waals surface area contributed by atoms with Crippen LogP contribution in [0.15, 0.2) is 24.3 Å². The summed E-state index contributed by atoms with van der Waals surface area (Å²) in [5.41, 5.74) is 0.733. The molecule has 0 aliphatic heterocycles. The van der Waals surface area contributed by atoms with Crippen LogP contribution < -0.4 is 10.1 Å². The Labute approximate surface area is 154 Å². The molecule has 26 heavy (non-hydrogen) atoms. The Balaban J connectivity index is 1.19. The molecule has 0 radical (unpaired) electrons. The number of amides is 1. The summed E-state index contributed by atoms with van der Waals surface area (Å²) in [4.78, 5) is 25.0. The molecule has 4 saturated carbocycles. The maximum atomic E-state index is 12.5. The summed E-state index contributed by atoms with van der Waals surface area (Å²) < 4.78 is 5.63. The van der Waals surface area contributed by atoms with Gasteiger partial charge in [0.1, 0.15) is 5.75 Å². The Bertz CT molecular complexity index is 649. The number of fused-ring (bicyclic) bond motifs is 2. The second-order valence-corrected chi connectivity index (χ2v) is 8.71. The Hall–Kier alpha value is -1.84. The lowest BCUT2D eigenvalue weighted by Gasteiger charge is -2.08. The van der Waals surface area contributed by atoms with E-state index < -0.39 is 0 Å². The summed E-state index contributed by atoms with van der Waals surface area (Å²) >= 11 is 0. The molecule has 4 fully saturated rings. The summed E-state index contributed by atoms with van der Waals surface area (Å²) in [5.74, 6) is 3.20. The zero-order valence-corrected chi connectivity index (χ0v) is 15.2. The minimum absolute atomic E-state index is 0.0846. The monoisotopic (exact) mass is 353 g/mol. The van der Waals surface area contributed by atoms with Crippen molar-refractivity contribution in [2.24, 2.45) is 35.5 Å². The zero-order chi connectivity index (χ0) is 17.7. The molecule has 0 spiro atoms. The molecular formula is C22H27NO3.